The van der Waals surface area contributed by atoms with Crippen LogP contribution in [0.5, 0.6) is 0 Å². The smallest absolute Gasteiger partial charge is 0.0853 e. The van der Waals surface area contributed by atoms with Gasteiger partial charge in [-0.15, -0.1) is 0 Å². The molecule has 2 aromatic rings. The fourth-order valence-electron chi connectivity index (χ4n) is 2.02. The first kappa shape index (κ1) is 13.8. The molecule has 0 saturated heterocycles. The largest absolute Gasteiger partial charge is 0.390 e. The Hall–Kier alpha value is -1.58. The second-order valence-corrected chi connectivity index (χ2v) is 4.88. The van der Waals surface area contributed by atoms with E-state index in [1.165, 1.54) is 0 Å². The fraction of sp³-hybridized carbons (Fsp3) is 0.267. The molecule has 0 aliphatic heterocycles. The summed E-state index contributed by atoms with van der Waals surface area (Å²) in [5.74, 6) is 0. The van der Waals surface area contributed by atoms with Crippen molar-refractivity contribution in [1.29, 1.82) is 0 Å². The lowest BCUT2D eigenvalue weighted by Gasteiger charge is -2.28. The zero-order valence-corrected chi connectivity index (χ0v) is 11.8. The molecule has 1 unspecified atom stereocenters. The third kappa shape index (κ3) is 3.06. The summed E-state index contributed by atoms with van der Waals surface area (Å²) < 4.78 is 0. The van der Waals surface area contributed by atoms with Crippen LogP contribution < -0.4 is 4.90 Å². The highest BCUT2D eigenvalue weighted by molar-refractivity contribution is 6.31. The highest BCUT2D eigenvalue weighted by Crippen LogP contribution is 2.29. The molecule has 4 heteroatoms. The van der Waals surface area contributed by atoms with E-state index in [4.69, 9.17) is 16.7 Å². The van der Waals surface area contributed by atoms with Crippen molar-refractivity contribution in [2.24, 2.45) is 0 Å². The van der Waals surface area contributed by atoms with E-state index in [0.717, 1.165) is 16.3 Å². The second kappa shape index (κ2) is 6.04. The number of aliphatic hydroxyl groups is 1. The molecule has 0 spiro atoms. The van der Waals surface area contributed by atoms with Crippen LogP contribution in [-0.2, 0) is 6.61 Å². The summed E-state index contributed by atoms with van der Waals surface area (Å²) in [4.78, 5) is 6.20. The van der Waals surface area contributed by atoms with Crippen LogP contribution in [0.15, 0.2) is 42.6 Å². The van der Waals surface area contributed by atoms with E-state index in [9.17, 15) is 0 Å². The molecule has 0 aliphatic carbocycles. The van der Waals surface area contributed by atoms with Crippen LogP contribution in [0.4, 0.5) is 5.69 Å². The molecule has 0 radical (unpaired) electrons. The molecule has 1 aromatic heterocycles. The maximum absolute atomic E-state index is 9.14. The second-order valence-electron chi connectivity index (χ2n) is 4.47. The number of pyridine rings is 1. The normalized spacial score (nSPS) is 12.2. The Morgan fingerprint density at radius 1 is 1.32 bits per heavy atom. The first-order valence-electron chi connectivity index (χ1n) is 6.16. The molecule has 1 aromatic carbocycles. The minimum atomic E-state index is -0.0534. The van der Waals surface area contributed by atoms with Gasteiger partial charge in [-0.2, -0.15) is 0 Å². The standard InChI is InChI=1S/C15H17ClN2O/c1-11(14-5-3-4-6-15(14)16)18(2)13-7-8-17-12(9-13)10-19/h3-9,11,19H,10H2,1-2H3. The van der Waals surface area contributed by atoms with E-state index in [0.29, 0.717) is 5.69 Å². The number of benzene rings is 1. The van der Waals surface area contributed by atoms with Gasteiger partial charge < -0.3 is 10.0 Å². The van der Waals surface area contributed by atoms with Crippen molar-refractivity contribution >= 4 is 17.3 Å². The van der Waals surface area contributed by atoms with Crippen molar-refractivity contribution in [1.82, 2.24) is 4.98 Å². The van der Waals surface area contributed by atoms with E-state index in [1.54, 1.807) is 6.20 Å². The van der Waals surface area contributed by atoms with Crippen LogP contribution in [0.2, 0.25) is 5.02 Å². The molecule has 0 aliphatic rings. The molecular formula is C15H17ClN2O. The van der Waals surface area contributed by atoms with Gasteiger partial charge in [0.05, 0.1) is 18.3 Å². The molecule has 2 rings (SSSR count). The summed E-state index contributed by atoms with van der Waals surface area (Å²) in [6.07, 6.45) is 1.71. The Morgan fingerprint density at radius 2 is 2.05 bits per heavy atom. The third-order valence-corrected chi connectivity index (χ3v) is 3.65. The van der Waals surface area contributed by atoms with Crippen LogP contribution in [0.3, 0.4) is 0 Å². The lowest BCUT2D eigenvalue weighted by molar-refractivity contribution is 0.277. The minimum Gasteiger partial charge on any atom is -0.390 e. The van der Waals surface area contributed by atoms with Crippen molar-refractivity contribution < 1.29 is 5.11 Å². The Morgan fingerprint density at radius 3 is 2.74 bits per heavy atom. The van der Waals surface area contributed by atoms with Gasteiger partial charge in [-0.25, -0.2) is 0 Å². The molecule has 1 heterocycles. The lowest BCUT2D eigenvalue weighted by atomic mass is 10.1. The number of hydrogen-bond acceptors (Lipinski definition) is 3. The average Bonchev–Trinajstić information content (AvgIpc) is 2.46. The summed E-state index contributed by atoms with van der Waals surface area (Å²) >= 11 is 6.23. The van der Waals surface area contributed by atoms with Gasteiger partial charge in [-0.1, -0.05) is 29.8 Å². The number of hydrogen-bond donors (Lipinski definition) is 1. The Labute approximate surface area is 118 Å². The van der Waals surface area contributed by atoms with Crippen LogP contribution in [0.1, 0.15) is 24.2 Å². The molecule has 0 amide bonds. The molecule has 0 fully saturated rings. The highest BCUT2D eigenvalue weighted by atomic mass is 35.5. The molecule has 1 N–H and O–H groups in total. The van der Waals surface area contributed by atoms with Crippen molar-refractivity contribution in [3.8, 4) is 0 Å². The van der Waals surface area contributed by atoms with Gasteiger partial charge in [0.2, 0.25) is 0 Å². The van der Waals surface area contributed by atoms with E-state index in [2.05, 4.69) is 16.8 Å². The molecule has 19 heavy (non-hydrogen) atoms. The summed E-state index contributed by atoms with van der Waals surface area (Å²) in [5.41, 5.74) is 2.75. The maximum atomic E-state index is 9.14. The summed E-state index contributed by atoms with van der Waals surface area (Å²) in [7, 11) is 2.00. The van der Waals surface area contributed by atoms with E-state index >= 15 is 0 Å². The number of rotatable bonds is 4. The molecular weight excluding hydrogens is 260 g/mol. The first-order valence-corrected chi connectivity index (χ1v) is 6.54. The SMILES string of the molecule is CC(c1ccccc1Cl)N(C)c1ccnc(CO)c1. The molecule has 100 valence electrons. The number of halogens is 1. The first-order chi connectivity index (χ1) is 9.13. The van der Waals surface area contributed by atoms with Gasteiger partial charge in [0.15, 0.2) is 0 Å². The van der Waals surface area contributed by atoms with Gasteiger partial charge in [-0.05, 0) is 30.7 Å². The zero-order valence-electron chi connectivity index (χ0n) is 11.0. The summed E-state index contributed by atoms with van der Waals surface area (Å²) in [5, 5.41) is 9.90. The lowest BCUT2D eigenvalue weighted by Crippen LogP contribution is -2.22. The van der Waals surface area contributed by atoms with Crippen LogP contribution in [0, 0.1) is 0 Å². The topological polar surface area (TPSA) is 36.4 Å². The Kier molecular flexibility index (Phi) is 4.40. The highest BCUT2D eigenvalue weighted by Gasteiger charge is 2.15. The van der Waals surface area contributed by atoms with Crippen LogP contribution in [-0.4, -0.2) is 17.1 Å². The maximum Gasteiger partial charge on any atom is 0.0853 e. The van der Waals surface area contributed by atoms with Crippen molar-refractivity contribution in [3.63, 3.8) is 0 Å². The quantitative estimate of drug-likeness (QED) is 0.929. The van der Waals surface area contributed by atoms with Crippen molar-refractivity contribution in [2.75, 3.05) is 11.9 Å². The average molecular weight is 277 g/mol. The van der Waals surface area contributed by atoms with E-state index in [-0.39, 0.29) is 12.6 Å². The van der Waals surface area contributed by atoms with Gasteiger partial charge >= 0.3 is 0 Å². The number of aliphatic hydroxyl groups excluding tert-OH is 1. The molecule has 3 nitrogen and oxygen atoms in total. The monoisotopic (exact) mass is 276 g/mol. The summed E-state index contributed by atoms with van der Waals surface area (Å²) in [6.45, 7) is 2.04. The van der Waals surface area contributed by atoms with E-state index < -0.39 is 0 Å². The Balaban J connectivity index is 2.28. The minimum absolute atomic E-state index is 0.0534. The van der Waals surface area contributed by atoms with Gasteiger partial charge in [0, 0.05) is 24.0 Å². The van der Waals surface area contributed by atoms with Crippen molar-refractivity contribution in [2.45, 2.75) is 19.6 Å². The number of aromatic nitrogens is 1. The predicted molar refractivity (Wildman–Crippen MR) is 78.4 cm³/mol. The predicted octanol–water partition coefficient (Wildman–Crippen LogP) is 3.42. The number of anilines is 1. The van der Waals surface area contributed by atoms with Gasteiger partial charge in [0.1, 0.15) is 0 Å². The fourth-order valence-corrected chi connectivity index (χ4v) is 2.31. The molecule has 0 saturated carbocycles. The van der Waals surface area contributed by atoms with Crippen LogP contribution >= 0.6 is 11.6 Å². The molecule has 0 bridgehead atoms. The summed E-state index contributed by atoms with van der Waals surface area (Å²) in [6, 6.07) is 11.8. The molecule has 1 atom stereocenters. The van der Waals surface area contributed by atoms with Gasteiger partial charge in [0.25, 0.3) is 0 Å². The van der Waals surface area contributed by atoms with E-state index in [1.807, 2.05) is 43.4 Å². The van der Waals surface area contributed by atoms with Crippen molar-refractivity contribution in [3.05, 3.63) is 58.9 Å². The van der Waals surface area contributed by atoms with Crippen LogP contribution in [0.25, 0.3) is 0 Å². The number of nitrogens with zero attached hydrogens (tertiary/aromatic N) is 2. The zero-order chi connectivity index (χ0) is 13.8. The third-order valence-electron chi connectivity index (χ3n) is 3.31. The Bertz CT molecular complexity index is 559. The van der Waals surface area contributed by atoms with Gasteiger partial charge in [-0.3, -0.25) is 4.98 Å².